The van der Waals surface area contributed by atoms with E-state index >= 15 is 0 Å². The maximum Gasteiger partial charge on any atom is 0.416 e. The Kier molecular flexibility index (Phi) is 5.31. The number of rotatable bonds is 4. The smallest absolute Gasteiger partial charge is 0.416 e. The average molecular weight is 381 g/mol. The fraction of sp³-hybridized carbons (Fsp3) is 0.500. The van der Waals surface area contributed by atoms with Crippen LogP contribution in [0.5, 0.6) is 0 Å². The summed E-state index contributed by atoms with van der Waals surface area (Å²) >= 11 is 0. The monoisotopic (exact) mass is 381 g/mol. The second-order valence-electron chi connectivity index (χ2n) is 7.05. The molecule has 4 nitrogen and oxygen atoms in total. The number of carbonyl (C=O) groups is 2. The molecular formula is C20H22F3NO3. The van der Waals surface area contributed by atoms with Crippen molar-refractivity contribution in [1.29, 1.82) is 0 Å². The van der Waals surface area contributed by atoms with Gasteiger partial charge in [0.25, 0.3) is 5.91 Å². The lowest BCUT2D eigenvalue weighted by Gasteiger charge is -2.36. The van der Waals surface area contributed by atoms with Crippen LogP contribution in [-0.2, 0) is 26.9 Å². The zero-order valence-corrected chi connectivity index (χ0v) is 15.1. The Hall–Kier alpha value is -2.31. The normalized spacial score (nSPS) is 19.3. The van der Waals surface area contributed by atoms with Crippen molar-refractivity contribution in [1.82, 2.24) is 5.32 Å². The molecule has 1 aliphatic heterocycles. The number of hydrogen-bond acceptors (Lipinski definition) is 3. The second kappa shape index (κ2) is 7.37. The van der Waals surface area contributed by atoms with Gasteiger partial charge >= 0.3 is 12.1 Å². The van der Waals surface area contributed by atoms with E-state index in [0.717, 1.165) is 31.4 Å². The van der Waals surface area contributed by atoms with Crippen LogP contribution >= 0.6 is 0 Å². The van der Waals surface area contributed by atoms with Crippen molar-refractivity contribution in [2.75, 3.05) is 6.61 Å². The lowest BCUT2D eigenvalue weighted by molar-refractivity contribution is -0.140. The fourth-order valence-electron chi connectivity index (χ4n) is 4.05. The van der Waals surface area contributed by atoms with Crippen LogP contribution in [-0.4, -0.2) is 24.0 Å². The molecule has 1 aromatic carbocycles. The third-order valence-corrected chi connectivity index (χ3v) is 5.28. The predicted octanol–water partition coefficient (Wildman–Crippen LogP) is 3.94. The highest BCUT2D eigenvalue weighted by atomic mass is 19.4. The van der Waals surface area contributed by atoms with Gasteiger partial charge in [-0.2, -0.15) is 13.2 Å². The summed E-state index contributed by atoms with van der Waals surface area (Å²) in [6.07, 6.45) is -0.169. The highest BCUT2D eigenvalue weighted by molar-refractivity contribution is 6.19. The minimum Gasteiger partial charge on any atom is -0.462 e. The molecule has 0 bridgehead atoms. The van der Waals surface area contributed by atoms with Gasteiger partial charge in [-0.3, -0.25) is 4.79 Å². The SMILES string of the molecule is CCOC(=O)C1=C(Cc2cccc(C(F)(F)F)c2)C2(CCCCC2)NC1=O. The molecule has 0 unspecified atom stereocenters. The molecule has 1 heterocycles. The quantitative estimate of drug-likeness (QED) is 0.635. The summed E-state index contributed by atoms with van der Waals surface area (Å²) in [5.41, 5.74) is -0.469. The minimum absolute atomic E-state index is 0.0452. The van der Waals surface area contributed by atoms with Gasteiger partial charge in [-0.15, -0.1) is 0 Å². The molecule has 2 aliphatic rings. The van der Waals surface area contributed by atoms with Crippen molar-refractivity contribution in [3.63, 3.8) is 0 Å². The third kappa shape index (κ3) is 3.87. The Balaban J connectivity index is 2.03. The molecule has 1 fully saturated rings. The van der Waals surface area contributed by atoms with E-state index in [2.05, 4.69) is 5.32 Å². The molecule has 1 N–H and O–H groups in total. The van der Waals surface area contributed by atoms with E-state index < -0.39 is 29.2 Å². The first-order valence-corrected chi connectivity index (χ1v) is 9.16. The zero-order valence-electron chi connectivity index (χ0n) is 15.1. The molecule has 0 saturated heterocycles. The van der Waals surface area contributed by atoms with E-state index in [1.54, 1.807) is 13.0 Å². The Morgan fingerprint density at radius 3 is 2.56 bits per heavy atom. The number of amides is 1. The second-order valence-corrected chi connectivity index (χ2v) is 7.05. The van der Waals surface area contributed by atoms with E-state index in [0.29, 0.717) is 24.0 Å². The standard InChI is InChI=1S/C20H22F3NO3/c1-2-27-18(26)16-15(19(24-17(16)25)9-4-3-5-10-19)12-13-7-6-8-14(11-13)20(21,22)23/h6-8,11H,2-5,9-10,12H2,1H3,(H,24,25). The summed E-state index contributed by atoms with van der Waals surface area (Å²) in [5.74, 6) is -1.20. The van der Waals surface area contributed by atoms with Crippen molar-refractivity contribution in [2.45, 2.75) is 57.2 Å². The maximum absolute atomic E-state index is 13.0. The van der Waals surface area contributed by atoms with E-state index in [4.69, 9.17) is 4.74 Å². The average Bonchev–Trinajstić information content (AvgIpc) is 2.86. The molecule has 1 saturated carbocycles. The lowest BCUT2D eigenvalue weighted by atomic mass is 9.75. The van der Waals surface area contributed by atoms with Crippen LogP contribution < -0.4 is 5.32 Å². The first-order chi connectivity index (χ1) is 12.8. The highest BCUT2D eigenvalue weighted by Gasteiger charge is 2.47. The van der Waals surface area contributed by atoms with E-state index in [1.165, 1.54) is 6.07 Å². The number of halogens is 3. The summed E-state index contributed by atoms with van der Waals surface area (Å²) in [5, 5.41) is 2.94. The van der Waals surface area contributed by atoms with Crippen molar-refractivity contribution in [3.8, 4) is 0 Å². The van der Waals surface area contributed by atoms with Crippen molar-refractivity contribution >= 4 is 11.9 Å². The van der Waals surface area contributed by atoms with E-state index in [-0.39, 0.29) is 18.6 Å². The van der Waals surface area contributed by atoms with Crippen LogP contribution in [0.1, 0.15) is 50.2 Å². The predicted molar refractivity (Wildman–Crippen MR) is 92.8 cm³/mol. The maximum atomic E-state index is 13.0. The molecular weight excluding hydrogens is 359 g/mol. The molecule has 0 aromatic heterocycles. The van der Waals surface area contributed by atoms with E-state index in [9.17, 15) is 22.8 Å². The molecule has 146 valence electrons. The molecule has 27 heavy (non-hydrogen) atoms. The Bertz CT molecular complexity index is 777. The zero-order chi connectivity index (χ0) is 19.7. The molecule has 0 radical (unpaired) electrons. The molecule has 1 aromatic rings. The summed E-state index contributed by atoms with van der Waals surface area (Å²) in [7, 11) is 0. The van der Waals surface area contributed by atoms with Gasteiger partial charge in [0.2, 0.25) is 0 Å². The summed E-state index contributed by atoms with van der Waals surface area (Å²) in [6, 6.07) is 5.03. The Morgan fingerprint density at radius 2 is 1.93 bits per heavy atom. The third-order valence-electron chi connectivity index (χ3n) is 5.28. The number of nitrogens with one attached hydrogen (secondary N) is 1. The Labute approximate surface area is 155 Å². The first kappa shape index (κ1) is 19.5. The van der Waals surface area contributed by atoms with Crippen molar-refractivity contribution in [2.24, 2.45) is 0 Å². The highest BCUT2D eigenvalue weighted by Crippen LogP contribution is 2.42. The van der Waals surface area contributed by atoms with Gasteiger partial charge in [-0.1, -0.05) is 37.5 Å². The molecule has 1 spiro atoms. The number of esters is 1. The van der Waals surface area contributed by atoms with Crippen LogP contribution in [0, 0.1) is 0 Å². The van der Waals surface area contributed by atoms with Gasteiger partial charge in [0.05, 0.1) is 17.7 Å². The van der Waals surface area contributed by atoms with E-state index in [1.807, 2.05) is 0 Å². The van der Waals surface area contributed by atoms with Crippen LogP contribution in [0.3, 0.4) is 0 Å². The number of alkyl halides is 3. The fourth-order valence-corrected chi connectivity index (χ4v) is 4.05. The van der Waals surface area contributed by atoms with Crippen LogP contribution in [0.4, 0.5) is 13.2 Å². The Morgan fingerprint density at radius 1 is 1.22 bits per heavy atom. The molecule has 0 atom stereocenters. The van der Waals surface area contributed by atoms with Gasteiger partial charge in [0.15, 0.2) is 0 Å². The van der Waals surface area contributed by atoms with Crippen LogP contribution in [0.15, 0.2) is 35.4 Å². The van der Waals surface area contributed by atoms with Crippen LogP contribution in [0.25, 0.3) is 0 Å². The van der Waals surface area contributed by atoms with Crippen LogP contribution in [0.2, 0.25) is 0 Å². The number of benzene rings is 1. The number of hydrogen-bond donors (Lipinski definition) is 1. The molecule has 1 amide bonds. The number of carbonyl (C=O) groups excluding carboxylic acids is 2. The summed E-state index contributed by atoms with van der Waals surface area (Å²) < 4.78 is 44.2. The largest absolute Gasteiger partial charge is 0.462 e. The molecule has 7 heteroatoms. The topological polar surface area (TPSA) is 55.4 Å². The lowest BCUT2D eigenvalue weighted by Crippen LogP contribution is -2.46. The van der Waals surface area contributed by atoms with Gasteiger partial charge in [0.1, 0.15) is 5.57 Å². The van der Waals surface area contributed by atoms with Crippen molar-refractivity contribution < 1.29 is 27.5 Å². The summed E-state index contributed by atoms with van der Waals surface area (Å²) in [6.45, 7) is 1.77. The molecule has 1 aliphatic carbocycles. The molecule has 3 rings (SSSR count). The first-order valence-electron chi connectivity index (χ1n) is 9.16. The van der Waals surface area contributed by atoms with Gasteiger partial charge in [-0.25, -0.2) is 4.79 Å². The minimum atomic E-state index is -4.44. The van der Waals surface area contributed by atoms with Gasteiger partial charge < -0.3 is 10.1 Å². The number of ether oxygens (including phenoxy) is 1. The van der Waals surface area contributed by atoms with Gasteiger partial charge in [0, 0.05) is 0 Å². The summed E-state index contributed by atoms with van der Waals surface area (Å²) in [4.78, 5) is 24.9. The van der Waals surface area contributed by atoms with Gasteiger partial charge in [-0.05, 0) is 43.4 Å². The van der Waals surface area contributed by atoms with Crippen molar-refractivity contribution in [3.05, 3.63) is 46.5 Å².